The van der Waals surface area contributed by atoms with Crippen LogP contribution >= 0.6 is 11.8 Å². The van der Waals surface area contributed by atoms with E-state index in [-0.39, 0.29) is 11.8 Å². The number of ketones is 1. The number of hydrogen-bond donors (Lipinski definition) is 1. The molecule has 3 nitrogen and oxygen atoms in total. The minimum atomic E-state index is -0.288. The molecule has 1 rings (SSSR count). The first-order chi connectivity index (χ1) is 7.74. The molecule has 1 heterocycles. The second kappa shape index (κ2) is 7.52. The first-order valence-electron chi connectivity index (χ1n) is 5.62. The Hall–Kier alpha value is -0.740. The van der Waals surface area contributed by atoms with Crippen LogP contribution in [0.5, 0.6) is 0 Å². The average molecular weight is 241 g/mol. The Balaban J connectivity index is 2.14. The van der Waals surface area contributed by atoms with Crippen molar-refractivity contribution in [2.24, 2.45) is 5.73 Å². The third-order valence-electron chi connectivity index (χ3n) is 2.35. The number of thioether (sulfide) groups is 1. The minimum Gasteiger partial charge on any atom is -0.468 e. The van der Waals surface area contributed by atoms with Gasteiger partial charge in [-0.25, -0.2) is 0 Å². The van der Waals surface area contributed by atoms with Crippen LogP contribution in [0.25, 0.3) is 0 Å². The molecule has 0 bridgehead atoms. The Kier molecular flexibility index (Phi) is 6.26. The standard InChI is InChI=1S/C12H19NO2S/c1-2-3-6-11(13)12(14)9-16-8-10-5-4-7-15-10/h4-5,7,11H,2-3,6,8-9,13H2,1H3. The highest BCUT2D eigenvalue weighted by Crippen LogP contribution is 2.13. The summed E-state index contributed by atoms with van der Waals surface area (Å²) in [7, 11) is 0. The number of carbonyl (C=O) groups is 1. The van der Waals surface area contributed by atoms with E-state index in [0.29, 0.717) is 5.75 Å². The van der Waals surface area contributed by atoms with E-state index in [9.17, 15) is 4.79 Å². The molecule has 0 aliphatic heterocycles. The molecule has 1 aromatic heterocycles. The van der Waals surface area contributed by atoms with Crippen molar-refractivity contribution in [3.05, 3.63) is 24.2 Å². The summed E-state index contributed by atoms with van der Waals surface area (Å²) < 4.78 is 5.18. The second-order valence-corrected chi connectivity index (χ2v) is 4.77. The van der Waals surface area contributed by atoms with Crippen LogP contribution in [0.15, 0.2) is 22.8 Å². The van der Waals surface area contributed by atoms with Crippen molar-refractivity contribution in [1.82, 2.24) is 0 Å². The smallest absolute Gasteiger partial charge is 0.159 e. The summed E-state index contributed by atoms with van der Waals surface area (Å²) in [5.74, 6) is 2.26. The number of rotatable bonds is 8. The third kappa shape index (κ3) is 4.86. The van der Waals surface area contributed by atoms with Gasteiger partial charge in [-0.3, -0.25) is 4.79 Å². The van der Waals surface area contributed by atoms with Crippen molar-refractivity contribution in [1.29, 1.82) is 0 Å². The van der Waals surface area contributed by atoms with Gasteiger partial charge < -0.3 is 10.2 Å². The maximum atomic E-state index is 11.6. The van der Waals surface area contributed by atoms with Gasteiger partial charge in [0.1, 0.15) is 5.76 Å². The Bertz CT molecular complexity index is 298. The van der Waals surface area contributed by atoms with E-state index in [2.05, 4.69) is 6.92 Å². The zero-order valence-electron chi connectivity index (χ0n) is 9.65. The first kappa shape index (κ1) is 13.3. The molecule has 4 heteroatoms. The number of nitrogens with two attached hydrogens (primary N) is 1. The third-order valence-corrected chi connectivity index (χ3v) is 3.33. The van der Waals surface area contributed by atoms with Gasteiger partial charge in [-0.05, 0) is 18.6 Å². The highest BCUT2D eigenvalue weighted by Gasteiger charge is 2.12. The normalized spacial score (nSPS) is 12.6. The summed E-state index contributed by atoms with van der Waals surface area (Å²) >= 11 is 1.56. The fraction of sp³-hybridized carbons (Fsp3) is 0.583. The van der Waals surface area contributed by atoms with E-state index in [0.717, 1.165) is 30.8 Å². The average Bonchev–Trinajstić information content (AvgIpc) is 2.78. The molecule has 16 heavy (non-hydrogen) atoms. The Morgan fingerprint density at radius 2 is 2.44 bits per heavy atom. The lowest BCUT2D eigenvalue weighted by atomic mass is 10.1. The molecule has 0 spiro atoms. The van der Waals surface area contributed by atoms with Gasteiger partial charge in [0.25, 0.3) is 0 Å². The van der Waals surface area contributed by atoms with Crippen LogP contribution in [-0.2, 0) is 10.5 Å². The summed E-state index contributed by atoms with van der Waals surface area (Å²) in [5.41, 5.74) is 5.78. The van der Waals surface area contributed by atoms with E-state index in [1.54, 1.807) is 18.0 Å². The van der Waals surface area contributed by atoms with Crippen LogP contribution in [-0.4, -0.2) is 17.6 Å². The first-order valence-corrected chi connectivity index (χ1v) is 6.78. The van der Waals surface area contributed by atoms with E-state index < -0.39 is 0 Å². The number of Topliss-reactive ketones (excluding diaryl/α,β-unsaturated/α-hetero) is 1. The molecule has 0 aromatic carbocycles. The Morgan fingerprint density at radius 1 is 1.62 bits per heavy atom. The maximum absolute atomic E-state index is 11.6. The van der Waals surface area contributed by atoms with E-state index >= 15 is 0 Å². The van der Waals surface area contributed by atoms with Crippen LogP contribution in [0, 0.1) is 0 Å². The fourth-order valence-corrected chi connectivity index (χ4v) is 2.22. The number of carbonyl (C=O) groups excluding carboxylic acids is 1. The second-order valence-electron chi connectivity index (χ2n) is 3.79. The molecule has 0 radical (unpaired) electrons. The molecule has 2 N–H and O–H groups in total. The zero-order valence-corrected chi connectivity index (χ0v) is 10.5. The van der Waals surface area contributed by atoms with Gasteiger partial charge in [-0.15, -0.1) is 11.8 Å². The molecule has 0 aliphatic carbocycles. The lowest BCUT2D eigenvalue weighted by molar-refractivity contribution is -0.117. The Morgan fingerprint density at radius 3 is 3.06 bits per heavy atom. The molecule has 0 saturated heterocycles. The minimum absolute atomic E-state index is 0.144. The quantitative estimate of drug-likeness (QED) is 0.760. The van der Waals surface area contributed by atoms with Crippen LogP contribution in [0.4, 0.5) is 0 Å². The topological polar surface area (TPSA) is 56.2 Å². The Labute approximate surface area is 101 Å². The van der Waals surface area contributed by atoms with Gasteiger partial charge >= 0.3 is 0 Å². The van der Waals surface area contributed by atoms with Crippen molar-refractivity contribution in [3.63, 3.8) is 0 Å². The van der Waals surface area contributed by atoms with Gasteiger partial charge in [-0.1, -0.05) is 19.8 Å². The molecule has 90 valence electrons. The van der Waals surface area contributed by atoms with E-state index in [1.807, 2.05) is 12.1 Å². The van der Waals surface area contributed by atoms with Gasteiger partial charge in [-0.2, -0.15) is 0 Å². The lowest BCUT2D eigenvalue weighted by Gasteiger charge is -2.08. The number of furan rings is 1. The molecule has 0 amide bonds. The van der Waals surface area contributed by atoms with Crippen molar-refractivity contribution >= 4 is 17.5 Å². The lowest BCUT2D eigenvalue weighted by Crippen LogP contribution is -2.31. The van der Waals surface area contributed by atoms with Gasteiger partial charge in [0.05, 0.1) is 23.8 Å². The number of unbranched alkanes of at least 4 members (excludes halogenated alkanes) is 1. The van der Waals surface area contributed by atoms with Crippen LogP contribution < -0.4 is 5.73 Å². The van der Waals surface area contributed by atoms with Crippen LogP contribution in [0.3, 0.4) is 0 Å². The van der Waals surface area contributed by atoms with Crippen molar-refractivity contribution in [2.75, 3.05) is 5.75 Å². The van der Waals surface area contributed by atoms with Gasteiger partial charge in [0, 0.05) is 0 Å². The van der Waals surface area contributed by atoms with Crippen LogP contribution in [0.1, 0.15) is 31.9 Å². The predicted octanol–water partition coefficient (Wildman–Crippen LogP) is 2.60. The number of hydrogen-bond acceptors (Lipinski definition) is 4. The predicted molar refractivity (Wildman–Crippen MR) is 67.4 cm³/mol. The molecule has 1 unspecified atom stereocenters. The summed E-state index contributed by atoms with van der Waals surface area (Å²) in [6.45, 7) is 2.10. The fourth-order valence-electron chi connectivity index (χ4n) is 1.34. The molecule has 1 atom stereocenters. The molecule has 0 aliphatic rings. The monoisotopic (exact) mass is 241 g/mol. The van der Waals surface area contributed by atoms with Crippen molar-refractivity contribution in [3.8, 4) is 0 Å². The maximum Gasteiger partial charge on any atom is 0.159 e. The molecule has 1 aromatic rings. The SMILES string of the molecule is CCCCC(N)C(=O)CSCc1ccco1. The van der Waals surface area contributed by atoms with Crippen LogP contribution in [0.2, 0.25) is 0 Å². The molecular weight excluding hydrogens is 222 g/mol. The zero-order chi connectivity index (χ0) is 11.8. The van der Waals surface area contributed by atoms with E-state index in [4.69, 9.17) is 10.2 Å². The van der Waals surface area contributed by atoms with Gasteiger partial charge in [0.15, 0.2) is 5.78 Å². The summed E-state index contributed by atoms with van der Waals surface area (Å²) in [6, 6.07) is 3.48. The largest absolute Gasteiger partial charge is 0.468 e. The molecular formula is C12H19NO2S. The van der Waals surface area contributed by atoms with Gasteiger partial charge in [0.2, 0.25) is 0 Å². The molecule has 0 saturated carbocycles. The molecule has 0 fully saturated rings. The summed E-state index contributed by atoms with van der Waals surface area (Å²) in [4.78, 5) is 11.6. The summed E-state index contributed by atoms with van der Waals surface area (Å²) in [6.07, 6.45) is 4.55. The van der Waals surface area contributed by atoms with Crippen molar-refractivity contribution < 1.29 is 9.21 Å². The van der Waals surface area contributed by atoms with E-state index in [1.165, 1.54) is 0 Å². The highest BCUT2D eigenvalue weighted by atomic mass is 32.2. The summed E-state index contributed by atoms with van der Waals surface area (Å²) in [5, 5.41) is 0. The van der Waals surface area contributed by atoms with Crippen molar-refractivity contribution in [2.45, 2.75) is 38.0 Å². The highest BCUT2D eigenvalue weighted by molar-refractivity contribution is 7.99.